The van der Waals surface area contributed by atoms with Crippen molar-refractivity contribution in [2.45, 2.75) is 6.54 Å². The number of aromatic nitrogens is 1. The molecule has 4 heteroatoms. The topological polar surface area (TPSA) is 57.2 Å². The molecule has 16 heavy (non-hydrogen) atoms. The Labute approximate surface area is 93.3 Å². The molecule has 0 aliphatic carbocycles. The lowest BCUT2D eigenvalue weighted by Crippen LogP contribution is -2.23. The van der Waals surface area contributed by atoms with Crippen molar-refractivity contribution in [1.29, 1.82) is 0 Å². The molecule has 0 aliphatic rings. The zero-order valence-electron chi connectivity index (χ0n) is 9.36. The molecule has 0 fully saturated rings. The van der Waals surface area contributed by atoms with E-state index in [0.717, 1.165) is 16.7 Å². The van der Waals surface area contributed by atoms with Crippen molar-refractivity contribution < 1.29 is 4.74 Å². The monoisotopic (exact) mass is 218 g/mol. The molecule has 0 atom stereocenters. The van der Waals surface area contributed by atoms with E-state index in [0.29, 0.717) is 5.56 Å². The molecular formula is C12H14N2O2. The summed E-state index contributed by atoms with van der Waals surface area (Å²) in [5.74, 6) is 0.772. The maximum Gasteiger partial charge on any atom is 0.255 e. The molecule has 1 aromatic carbocycles. The van der Waals surface area contributed by atoms with E-state index in [4.69, 9.17) is 10.5 Å². The van der Waals surface area contributed by atoms with Crippen molar-refractivity contribution in [2.24, 2.45) is 12.8 Å². The van der Waals surface area contributed by atoms with Crippen LogP contribution in [-0.2, 0) is 13.6 Å². The molecule has 2 N–H and O–H groups in total. The molecule has 0 unspecified atom stereocenters. The maximum atomic E-state index is 11.8. The van der Waals surface area contributed by atoms with E-state index in [2.05, 4.69) is 0 Å². The third-order valence-electron chi connectivity index (χ3n) is 2.73. The molecule has 0 saturated heterocycles. The minimum absolute atomic E-state index is 0.0415. The van der Waals surface area contributed by atoms with Crippen LogP contribution in [0.15, 0.2) is 29.1 Å². The molecule has 4 nitrogen and oxygen atoms in total. The van der Waals surface area contributed by atoms with Crippen molar-refractivity contribution in [2.75, 3.05) is 7.11 Å². The van der Waals surface area contributed by atoms with Gasteiger partial charge in [0.1, 0.15) is 5.75 Å². The summed E-state index contributed by atoms with van der Waals surface area (Å²) in [6, 6.07) is 7.42. The molecule has 0 bridgehead atoms. The fourth-order valence-electron chi connectivity index (χ4n) is 1.80. The van der Waals surface area contributed by atoms with Crippen LogP contribution in [0.5, 0.6) is 5.75 Å². The van der Waals surface area contributed by atoms with Crippen molar-refractivity contribution in [3.63, 3.8) is 0 Å². The average molecular weight is 218 g/mol. The number of benzene rings is 1. The summed E-state index contributed by atoms with van der Waals surface area (Å²) in [6.45, 7) is 0.250. The molecule has 84 valence electrons. The Morgan fingerprint density at radius 2 is 2.12 bits per heavy atom. The van der Waals surface area contributed by atoms with Crippen molar-refractivity contribution in [3.8, 4) is 5.75 Å². The van der Waals surface area contributed by atoms with E-state index in [1.807, 2.05) is 24.3 Å². The molecule has 1 aromatic heterocycles. The highest BCUT2D eigenvalue weighted by atomic mass is 16.5. The van der Waals surface area contributed by atoms with Crippen LogP contribution in [0.2, 0.25) is 0 Å². The van der Waals surface area contributed by atoms with Crippen LogP contribution in [0.3, 0.4) is 0 Å². The first-order chi connectivity index (χ1) is 7.67. The number of fused-ring (bicyclic) bond motifs is 1. The number of hydrogen-bond donors (Lipinski definition) is 1. The summed E-state index contributed by atoms with van der Waals surface area (Å²) < 4.78 is 6.76. The van der Waals surface area contributed by atoms with Crippen LogP contribution in [0.4, 0.5) is 0 Å². The Balaban J connectivity index is 2.82. The van der Waals surface area contributed by atoms with Crippen LogP contribution < -0.4 is 16.0 Å². The number of nitrogens with zero attached hydrogens (tertiary/aromatic N) is 1. The van der Waals surface area contributed by atoms with E-state index in [9.17, 15) is 4.79 Å². The van der Waals surface area contributed by atoms with Gasteiger partial charge < -0.3 is 15.0 Å². The molecule has 0 amide bonds. The third kappa shape index (κ3) is 1.57. The normalized spacial score (nSPS) is 10.7. The first-order valence-corrected chi connectivity index (χ1v) is 5.04. The Morgan fingerprint density at radius 1 is 1.38 bits per heavy atom. The minimum atomic E-state index is -0.0415. The molecule has 0 radical (unpaired) electrons. The zero-order chi connectivity index (χ0) is 11.7. The highest BCUT2D eigenvalue weighted by molar-refractivity contribution is 5.81. The van der Waals surface area contributed by atoms with Gasteiger partial charge >= 0.3 is 0 Å². The predicted octanol–water partition coefficient (Wildman–Crippen LogP) is 1.01. The zero-order valence-corrected chi connectivity index (χ0v) is 9.36. The van der Waals surface area contributed by atoms with Gasteiger partial charge in [-0.05, 0) is 24.3 Å². The smallest absolute Gasteiger partial charge is 0.255 e. The SMILES string of the molecule is COc1ccc2c(c1)cc(CN)c(=O)n2C. The lowest BCUT2D eigenvalue weighted by atomic mass is 10.1. The van der Waals surface area contributed by atoms with Gasteiger partial charge in [-0.25, -0.2) is 0 Å². The number of hydrogen-bond acceptors (Lipinski definition) is 3. The number of aryl methyl sites for hydroxylation is 1. The van der Waals surface area contributed by atoms with Gasteiger partial charge in [-0.3, -0.25) is 4.79 Å². The Kier molecular flexibility index (Phi) is 2.66. The second-order valence-electron chi connectivity index (χ2n) is 3.66. The van der Waals surface area contributed by atoms with Crippen LogP contribution in [0.1, 0.15) is 5.56 Å². The minimum Gasteiger partial charge on any atom is -0.497 e. The van der Waals surface area contributed by atoms with Gasteiger partial charge in [0, 0.05) is 24.5 Å². The third-order valence-corrected chi connectivity index (χ3v) is 2.73. The molecule has 0 spiro atoms. The number of ether oxygens (including phenoxy) is 1. The van der Waals surface area contributed by atoms with Crippen LogP contribution in [-0.4, -0.2) is 11.7 Å². The van der Waals surface area contributed by atoms with E-state index in [1.54, 1.807) is 18.7 Å². The van der Waals surface area contributed by atoms with Gasteiger partial charge in [-0.2, -0.15) is 0 Å². The number of rotatable bonds is 2. The summed E-state index contributed by atoms with van der Waals surface area (Å²) >= 11 is 0. The highest BCUT2D eigenvalue weighted by Gasteiger charge is 2.05. The molecule has 0 saturated carbocycles. The summed E-state index contributed by atoms with van der Waals surface area (Å²) in [4.78, 5) is 11.8. The standard InChI is InChI=1S/C12H14N2O2/c1-14-11-4-3-10(16-2)6-8(11)5-9(7-13)12(14)15/h3-6H,7,13H2,1-2H3. The van der Waals surface area contributed by atoms with Gasteiger partial charge in [0.05, 0.1) is 12.6 Å². The molecule has 1 heterocycles. The van der Waals surface area contributed by atoms with E-state index >= 15 is 0 Å². The van der Waals surface area contributed by atoms with Gasteiger partial charge in [-0.15, -0.1) is 0 Å². The Morgan fingerprint density at radius 3 is 2.75 bits per heavy atom. The predicted molar refractivity (Wildman–Crippen MR) is 63.6 cm³/mol. The number of methoxy groups -OCH3 is 1. The molecule has 2 aromatic rings. The lowest BCUT2D eigenvalue weighted by Gasteiger charge is -2.08. The maximum absolute atomic E-state index is 11.8. The number of pyridine rings is 1. The van der Waals surface area contributed by atoms with E-state index in [-0.39, 0.29) is 12.1 Å². The summed E-state index contributed by atoms with van der Waals surface area (Å²) in [5, 5.41) is 0.960. The van der Waals surface area contributed by atoms with Crippen molar-refractivity contribution in [3.05, 3.63) is 40.2 Å². The number of nitrogens with two attached hydrogens (primary N) is 1. The first-order valence-electron chi connectivity index (χ1n) is 5.04. The quantitative estimate of drug-likeness (QED) is 0.818. The first kappa shape index (κ1) is 10.7. The fraction of sp³-hybridized carbons (Fsp3) is 0.250. The highest BCUT2D eigenvalue weighted by Crippen LogP contribution is 2.19. The second-order valence-corrected chi connectivity index (χ2v) is 3.66. The van der Waals surface area contributed by atoms with E-state index in [1.165, 1.54) is 0 Å². The van der Waals surface area contributed by atoms with E-state index < -0.39 is 0 Å². The molecule has 0 aliphatic heterocycles. The van der Waals surface area contributed by atoms with Crippen LogP contribution >= 0.6 is 0 Å². The van der Waals surface area contributed by atoms with Crippen LogP contribution in [0, 0.1) is 0 Å². The largest absolute Gasteiger partial charge is 0.497 e. The van der Waals surface area contributed by atoms with Crippen molar-refractivity contribution in [1.82, 2.24) is 4.57 Å². The van der Waals surface area contributed by atoms with Gasteiger partial charge in [0.15, 0.2) is 0 Å². The van der Waals surface area contributed by atoms with Gasteiger partial charge in [-0.1, -0.05) is 0 Å². The second kappa shape index (κ2) is 3.98. The van der Waals surface area contributed by atoms with Gasteiger partial charge in [0.25, 0.3) is 5.56 Å². The fourth-order valence-corrected chi connectivity index (χ4v) is 1.80. The van der Waals surface area contributed by atoms with Crippen LogP contribution in [0.25, 0.3) is 10.9 Å². The Hall–Kier alpha value is -1.81. The Bertz CT molecular complexity index is 587. The summed E-state index contributed by atoms with van der Waals surface area (Å²) in [6.07, 6.45) is 0. The molecule has 2 rings (SSSR count). The van der Waals surface area contributed by atoms with Crippen molar-refractivity contribution >= 4 is 10.9 Å². The summed E-state index contributed by atoms with van der Waals surface area (Å²) in [7, 11) is 3.36. The average Bonchev–Trinajstić information content (AvgIpc) is 2.33. The molecular weight excluding hydrogens is 204 g/mol. The lowest BCUT2D eigenvalue weighted by molar-refractivity contribution is 0.415. The summed E-state index contributed by atoms with van der Waals surface area (Å²) in [5.41, 5.74) is 6.99. The van der Waals surface area contributed by atoms with Gasteiger partial charge in [0.2, 0.25) is 0 Å².